The fourth-order valence-electron chi connectivity index (χ4n) is 1.57. The quantitative estimate of drug-likeness (QED) is 0.474. The van der Waals surface area contributed by atoms with Crippen molar-refractivity contribution >= 4 is 5.96 Å². The van der Waals surface area contributed by atoms with Gasteiger partial charge in [0.25, 0.3) is 0 Å². The first-order chi connectivity index (χ1) is 9.40. The van der Waals surface area contributed by atoms with E-state index in [4.69, 9.17) is 15.2 Å². The first kappa shape index (κ1) is 16.3. The predicted octanol–water partition coefficient (Wildman–Crippen LogP) is 1.91. The van der Waals surface area contributed by atoms with Gasteiger partial charge in [-0.15, -0.1) is 0 Å². The first-order valence-electron chi connectivity index (χ1n) is 6.69. The highest BCUT2D eigenvalue weighted by atomic mass is 16.5. The molecule has 0 aromatic heterocycles. The third kappa shape index (κ3) is 6.99. The van der Waals surface area contributed by atoms with Gasteiger partial charge in [0.2, 0.25) is 0 Å². The number of aliphatic imine (C=N–C) groups is 1. The Balaban J connectivity index is 2.22. The van der Waals surface area contributed by atoms with Crippen molar-refractivity contribution in [2.24, 2.45) is 10.7 Å². The van der Waals surface area contributed by atoms with Crippen LogP contribution in [-0.2, 0) is 11.3 Å². The molecule has 5 heteroatoms. The zero-order valence-corrected chi connectivity index (χ0v) is 12.8. The predicted molar refractivity (Wildman–Crippen MR) is 82.0 cm³/mol. The van der Waals surface area contributed by atoms with Gasteiger partial charge in [-0.05, 0) is 38.5 Å². The molecule has 0 atom stereocenters. The molecular formula is C15H25N3O2. The molecule has 20 heavy (non-hydrogen) atoms. The molecular weight excluding hydrogens is 254 g/mol. The lowest BCUT2D eigenvalue weighted by molar-refractivity contribution is 0.128. The van der Waals surface area contributed by atoms with Crippen LogP contribution < -0.4 is 15.8 Å². The Kier molecular flexibility index (Phi) is 6.31. The van der Waals surface area contributed by atoms with Crippen molar-refractivity contribution in [1.82, 2.24) is 5.32 Å². The molecule has 0 radical (unpaired) electrons. The maximum absolute atomic E-state index is 5.75. The molecule has 0 amide bonds. The van der Waals surface area contributed by atoms with Crippen LogP contribution in [0, 0.1) is 0 Å². The van der Waals surface area contributed by atoms with Gasteiger partial charge in [0.1, 0.15) is 5.75 Å². The number of rotatable bonds is 6. The minimum atomic E-state index is -0.0719. The molecule has 0 bridgehead atoms. The highest BCUT2D eigenvalue weighted by molar-refractivity contribution is 5.78. The zero-order valence-electron chi connectivity index (χ0n) is 12.8. The molecule has 112 valence electrons. The number of hydrogen-bond acceptors (Lipinski definition) is 3. The molecule has 3 N–H and O–H groups in total. The fourth-order valence-corrected chi connectivity index (χ4v) is 1.57. The Bertz CT molecular complexity index is 422. The van der Waals surface area contributed by atoms with E-state index in [9.17, 15) is 0 Å². The lowest BCUT2D eigenvalue weighted by atomic mass is 10.1. The van der Waals surface area contributed by atoms with Gasteiger partial charge in [-0.2, -0.15) is 0 Å². The minimum absolute atomic E-state index is 0.0719. The molecule has 0 aliphatic rings. The number of benzene rings is 1. The van der Waals surface area contributed by atoms with Crippen LogP contribution >= 0.6 is 0 Å². The molecule has 0 saturated heterocycles. The second kappa shape index (κ2) is 7.75. The highest BCUT2D eigenvalue weighted by Gasteiger charge is 2.09. The van der Waals surface area contributed by atoms with Gasteiger partial charge < -0.3 is 20.5 Å². The van der Waals surface area contributed by atoms with E-state index in [1.54, 1.807) is 7.11 Å². The summed E-state index contributed by atoms with van der Waals surface area (Å²) in [4.78, 5) is 4.21. The van der Waals surface area contributed by atoms with Crippen LogP contribution in [0.25, 0.3) is 0 Å². The van der Waals surface area contributed by atoms with Crippen molar-refractivity contribution < 1.29 is 9.47 Å². The number of nitrogens with zero attached hydrogens (tertiary/aromatic N) is 1. The van der Waals surface area contributed by atoms with Gasteiger partial charge in [0, 0.05) is 5.54 Å². The van der Waals surface area contributed by atoms with Gasteiger partial charge in [-0.1, -0.05) is 12.1 Å². The lowest BCUT2D eigenvalue weighted by Crippen LogP contribution is -2.45. The number of nitrogens with one attached hydrogen (secondary N) is 1. The minimum Gasteiger partial charge on any atom is -0.497 e. The molecule has 0 heterocycles. The first-order valence-corrected chi connectivity index (χ1v) is 6.69. The van der Waals surface area contributed by atoms with E-state index >= 15 is 0 Å². The third-order valence-electron chi connectivity index (χ3n) is 2.45. The summed E-state index contributed by atoms with van der Waals surface area (Å²) in [7, 11) is 1.65. The van der Waals surface area contributed by atoms with Crippen molar-refractivity contribution in [2.75, 3.05) is 20.3 Å². The summed E-state index contributed by atoms with van der Waals surface area (Å²) >= 11 is 0. The smallest absolute Gasteiger partial charge is 0.189 e. The zero-order chi connectivity index (χ0) is 15.0. The van der Waals surface area contributed by atoms with Gasteiger partial charge >= 0.3 is 0 Å². The third-order valence-corrected chi connectivity index (χ3v) is 2.45. The maximum atomic E-state index is 5.75. The number of nitrogens with two attached hydrogens (primary N) is 1. The Morgan fingerprint density at radius 3 is 2.45 bits per heavy atom. The van der Waals surface area contributed by atoms with Crippen LogP contribution in [0.15, 0.2) is 29.3 Å². The molecule has 0 saturated carbocycles. The van der Waals surface area contributed by atoms with Crippen LogP contribution in [-0.4, -0.2) is 31.8 Å². The van der Waals surface area contributed by atoms with Gasteiger partial charge in [-0.3, -0.25) is 4.99 Å². The summed E-state index contributed by atoms with van der Waals surface area (Å²) < 4.78 is 10.6. The van der Waals surface area contributed by atoms with Crippen LogP contribution in [0.1, 0.15) is 26.3 Å². The molecule has 1 aromatic carbocycles. The second-order valence-electron chi connectivity index (χ2n) is 5.54. The number of ether oxygens (including phenoxy) is 2. The highest BCUT2D eigenvalue weighted by Crippen LogP contribution is 2.11. The van der Waals surface area contributed by atoms with Crippen LogP contribution in [0.2, 0.25) is 0 Å². The molecule has 0 spiro atoms. The molecule has 0 aliphatic carbocycles. The van der Waals surface area contributed by atoms with E-state index in [-0.39, 0.29) is 5.54 Å². The van der Waals surface area contributed by atoms with Gasteiger partial charge in [-0.25, -0.2) is 0 Å². The fraction of sp³-hybridized carbons (Fsp3) is 0.533. The molecule has 1 rings (SSSR count). The summed E-state index contributed by atoms with van der Waals surface area (Å²) in [6, 6.07) is 7.80. The molecule has 0 unspecified atom stereocenters. The van der Waals surface area contributed by atoms with E-state index in [2.05, 4.69) is 10.3 Å². The van der Waals surface area contributed by atoms with Crippen LogP contribution in [0.3, 0.4) is 0 Å². The summed E-state index contributed by atoms with van der Waals surface area (Å²) in [6.07, 6.45) is 0. The summed E-state index contributed by atoms with van der Waals surface area (Å²) in [5.41, 5.74) is 6.79. The topological polar surface area (TPSA) is 68.9 Å². The Morgan fingerprint density at radius 1 is 1.25 bits per heavy atom. The molecule has 1 aromatic rings. The van der Waals surface area contributed by atoms with E-state index < -0.39 is 0 Å². The standard InChI is InChI=1S/C15H25N3O2/c1-15(2,3)18-14(16)17-9-10-20-11-12-5-7-13(19-4)8-6-12/h5-8H,9-11H2,1-4H3,(H3,16,17,18). The second-order valence-corrected chi connectivity index (χ2v) is 5.54. The monoisotopic (exact) mass is 279 g/mol. The maximum Gasteiger partial charge on any atom is 0.189 e. The van der Waals surface area contributed by atoms with Crippen molar-refractivity contribution in [2.45, 2.75) is 32.9 Å². The van der Waals surface area contributed by atoms with E-state index in [0.717, 1.165) is 11.3 Å². The number of methoxy groups -OCH3 is 1. The summed E-state index contributed by atoms with van der Waals surface area (Å²) in [5.74, 6) is 1.30. The van der Waals surface area contributed by atoms with Gasteiger partial charge in [0.15, 0.2) is 5.96 Å². The molecule has 0 fully saturated rings. The SMILES string of the molecule is COc1ccc(COCCN=C(N)NC(C)(C)C)cc1. The van der Waals surface area contributed by atoms with E-state index in [1.807, 2.05) is 45.0 Å². The number of guanidine groups is 1. The Labute approximate surface area is 121 Å². The van der Waals surface area contributed by atoms with E-state index in [1.165, 1.54) is 0 Å². The Hall–Kier alpha value is -1.75. The van der Waals surface area contributed by atoms with Crippen LogP contribution in [0.4, 0.5) is 0 Å². The average molecular weight is 279 g/mol. The molecule has 5 nitrogen and oxygen atoms in total. The number of hydrogen-bond donors (Lipinski definition) is 2. The van der Waals surface area contributed by atoms with E-state index in [0.29, 0.717) is 25.7 Å². The summed E-state index contributed by atoms with van der Waals surface area (Å²) in [5, 5.41) is 3.10. The van der Waals surface area contributed by atoms with Crippen molar-refractivity contribution in [1.29, 1.82) is 0 Å². The molecule has 0 aliphatic heterocycles. The van der Waals surface area contributed by atoms with Gasteiger partial charge in [0.05, 0.1) is 26.9 Å². The van der Waals surface area contributed by atoms with Crippen molar-refractivity contribution in [3.63, 3.8) is 0 Å². The average Bonchev–Trinajstić information content (AvgIpc) is 2.37. The van der Waals surface area contributed by atoms with Crippen molar-refractivity contribution in [3.05, 3.63) is 29.8 Å². The Morgan fingerprint density at radius 2 is 1.90 bits per heavy atom. The summed E-state index contributed by atoms with van der Waals surface area (Å²) in [6.45, 7) is 7.76. The van der Waals surface area contributed by atoms with Crippen molar-refractivity contribution in [3.8, 4) is 5.75 Å². The largest absolute Gasteiger partial charge is 0.497 e. The normalized spacial score (nSPS) is 12.3. The lowest BCUT2D eigenvalue weighted by Gasteiger charge is -2.20. The van der Waals surface area contributed by atoms with Crippen LogP contribution in [0.5, 0.6) is 5.75 Å².